The lowest BCUT2D eigenvalue weighted by Gasteiger charge is -1.82. The molecule has 0 aromatic carbocycles. The quantitative estimate of drug-likeness (QED) is 0.637. The molecule has 1 heterocycles. The molecule has 0 aliphatic heterocycles. The van der Waals surface area contributed by atoms with Gasteiger partial charge in [-0.3, -0.25) is 0 Å². The van der Waals surface area contributed by atoms with Crippen molar-refractivity contribution in [3.63, 3.8) is 0 Å². The first-order valence-electron chi connectivity index (χ1n) is 2.95. The topological polar surface area (TPSA) is 28.7 Å². The number of imidazole rings is 1. The number of hydrogen-bond donors (Lipinski definition) is 1. The highest BCUT2D eigenvalue weighted by atomic mass is 32.2. The Balaban J connectivity index is 2.74. The molecule has 0 spiro atoms. The van der Waals surface area contributed by atoms with Crippen LogP contribution in [-0.4, -0.2) is 16.2 Å². The highest BCUT2D eigenvalue weighted by Crippen LogP contribution is 2.08. The maximum Gasteiger partial charge on any atom is 0.165 e. The predicted molar refractivity (Wildman–Crippen MR) is 39.7 cm³/mol. The zero-order chi connectivity index (χ0) is 6.69. The lowest BCUT2D eigenvalue weighted by atomic mass is 10.4. The number of nitrogens with one attached hydrogen (secondary N) is 1. The van der Waals surface area contributed by atoms with Crippen LogP contribution in [0, 0.1) is 0 Å². The molecule has 0 unspecified atom stereocenters. The number of H-pyrrole nitrogens is 1. The summed E-state index contributed by atoms with van der Waals surface area (Å²) in [6.45, 7) is 2.10. The molecule has 0 fully saturated rings. The molecular weight excluding hydrogens is 132 g/mol. The number of aromatic amines is 1. The summed E-state index contributed by atoms with van der Waals surface area (Å²) in [6.07, 6.45) is 4.97. The minimum absolute atomic E-state index is 1.01. The fraction of sp³-hybridized carbons (Fsp3) is 0.500. The van der Waals surface area contributed by atoms with E-state index in [1.54, 1.807) is 11.8 Å². The van der Waals surface area contributed by atoms with E-state index in [1.165, 1.54) is 0 Å². The average molecular weight is 142 g/mol. The van der Waals surface area contributed by atoms with E-state index in [-0.39, 0.29) is 0 Å². The molecule has 0 aliphatic carbocycles. The summed E-state index contributed by atoms with van der Waals surface area (Å²) in [5.41, 5.74) is 1.14. The van der Waals surface area contributed by atoms with Crippen LogP contribution < -0.4 is 0 Å². The first kappa shape index (κ1) is 6.68. The first-order valence-corrected chi connectivity index (χ1v) is 4.17. The van der Waals surface area contributed by atoms with Crippen molar-refractivity contribution >= 4 is 11.8 Å². The maximum atomic E-state index is 4.25. The summed E-state index contributed by atoms with van der Waals surface area (Å²) in [6, 6.07) is 0. The minimum atomic E-state index is 1.01. The molecule has 0 aliphatic rings. The van der Waals surface area contributed by atoms with Crippen molar-refractivity contribution in [1.29, 1.82) is 0 Å². The Morgan fingerprint density at radius 2 is 2.56 bits per heavy atom. The summed E-state index contributed by atoms with van der Waals surface area (Å²) in [5, 5.41) is 1.01. The van der Waals surface area contributed by atoms with E-state index in [2.05, 4.69) is 16.9 Å². The largest absolute Gasteiger partial charge is 0.339 e. The van der Waals surface area contributed by atoms with Crippen LogP contribution >= 0.6 is 11.8 Å². The molecule has 1 aromatic rings. The third kappa shape index (κ3) is 1.48. The summed E-state index contributed by atoms with van der Waals surface area (Å²) >= 11 is 1.64. The Morgan fingerprint density at radius 3 is 2.89 bits per heavy atom. The molecule has 1 aromatic heterocycles. The first-order chi connectivity index (χ1) is 4.36. The summed E-state index contributed by atoms with van der Waals surface area (Å²) in [5.74, 6) is 0. The van der Waals surface area contributed by atoms with Crippen LogP contribution in [0.1, 0.15) is 12.6 Å². The van der Waals surface area contributed by atoms with Gasteiger partial charge in [0.1, 0.15) is 0 Å². The van der Waals surface area contributed by atoms with E-state index in [0.29, 0.717) is 0 Å². The Hall–Kier alpha value is -0.440. The van der Waals surface area contributed by atoms with E-state index >= 15 is 0 Å². The van der Waals surface area contributed by atoms with Gasteiger partial charge in [-0.1, -0.05) is 18.7 Å². The Bertz CT molecular complexity index is 164. The second kappa shape index (κ2) is 2.92. The van der Waals surface area contributed by atoms with Crippen molar-refractivity contribution in [2.45, 2.75) is 18.5 Å². The van der Waals surface area contributed by atoms with E-state index in [0.717, 1.165) is 17.3 Å². The van der Waals surface area contributed by atoms with Crippen molar-refractivity contribution < 1.29 is 0 Å². The molecule has 3 heteroatoms. The van der Waals surface area contributed by atoms with Gasteiger partial charge in [0.15, 0.2) is 5.16 Å². The van der Waals surface area contributed by atoms with E-state index in [4.69, 9.17) is 0 Å². The van der Waals surface area contributed by atoms with Crippen LogP contribution in [-0.2, 0) is 6.42 Å². The maximum absolute atomic E-state index is 4.25. The molecule has 0 saturated carbocycles. The summed E-state index contributed by atoms with van der Waals surface area (Å²) in [7, 11) is 0. The van der Waals surface area contributed by atoms with Crippen molar-refractivity contribution in [3.8, 4) is 0 Å². The molecule has 0 bridgehead atoms. The van der Waals surface area contributed by atoms with Crippen molar-refractivity contribution in [3.05, 3.63) is 11.9 Å². The zero-order valence-corrected chi connectivity index (χ0v) is 6.46. The van der Waals surface area contributed by atoms with Gasteiger partial charge in [0.2, 0.25) is 0 Å². The lowest BCUT2D eigenvalue weighted by molar-refractivity contribution is 0.996. The summed E-state index contributed by atoms with van der Waals surface area (Å²) in [4.78, 5) is 7.31. The minimum Gasteiger partial charge on any atom is -0.339 e. The molecule has 9 heavy (non-hydrogen) atoms. The molecule has 2 nitrogen and oxygen atoms in total. The van der Waals surface area contributed by atoms with Gasteiger partial charge in [0, 0.05) is 6.20 Å². The number of nitrogens with zero attached hydrogens (tertiary/aromatic N) is 1. The van der Waals surface area contributed by atoms with Crippen LogP contribution in [0.15, 0.2) is 11.4 Å². The highest BCUT2D eigenvalue weighted by Gasteiger charge is 1.94. The number of aryl methyl sites for hydroxylation is 1. The fourth-order valence-corrected chi connectivity index (χ4v) is 1.01. The highest BCUT2D eigenvalue weighted by molar-refractivity contribution is 7.98. The molecule has 0 radical (unpaired) electrons. The van der Waals surface area contributed by atoms with Gasteiger partial charge in [-0.15, -0.1) is 0 Å². The zero-order valence-electron chi connectivity index (χ0n) is 5.64. The van der Waals surface area contributed by atoms with Crippen molar-refractivity contribution in [1.82, 2.24) is 9.97 Å². The van der Waals surface area contributed by atoms with Crippen molar-refractivity contribution in [2.75, 3.05) is 6.26 Å². The van der Waals surface area contributed by atoms with E-state index < -0.39 is 0 Å². The number of aromatic nitrogens is 2. The van der Waals surface area contributed by atoms with Gasteiger partial charge in [-0.05, 0) is 12.7 Å². The van der Waals surface area contributed by atoms with Crippen LogP contribution in [0.5, 0.6) is 0 Å². The van der Waals surface area contributed by atoms with Crippen LogP contribution in [0.4, 0.5) is 0 Å². The molecular formula is C6H10N2S. The molecule has 1 rings (SSSR count). The molecule has 0 amide bonds. The third-order valence-electron chi connectivity index (χ3n) is 1.16. The van der Waals surface area contributed by atoms with E-state index in [1.807, 2.05) is 12.5 Å². The molecule has 1 N–H and O–H groups in total. The lowest BCUT2D eigenvalue weighted by Crippen LogP contribution is -1.76. The second-order valence-electron chi connectivity index (χ2n) is 1.75. The molecule has 0 saturated heterocycles. The average Bonchev–Trinajstić information content (AvgIpc) is 2.34. The van der Waals surface area contributed by atoms with Crippen LogP contribution in [0.2, 0.25) is 0 Å². The molecule has 50 valence electrons. The van der Waals surface area contributed by atoms with Gasteiger partial charge in [0.05, 0.1) is 5.69 Å². The standard InChI is InChI=1S/C6H10N2S/c1-3-5-4-7-6(8-5)9-2/h4H,3H2,1-2H3,(H,7,8). The third-order valence-corrected chi connectivity index (χ3v) is 1.76. The van der Waals surface area contributed by atoms with Crippen LogP contribution in [0.3, 0.4) is 0 Å². The van der Waals surface area contributed by atoms with Crippen LogP contribution in [0.25, 0.3) is 0 Å². The van der Waals surface area contributed by atoms with Gasteiger partial charge >= 0.3 is 0 Å². The Kier molecular flexibility index (Phi) is 2.16. The van der Waals surface area contributed by atoms with Gasteiger partial charge in [-0.25, -0.2) is 4.98 Å². The molecule has 0 atom stereocenters. The Morgan fingerprint density at radius 1 is 1.78 bits per heavy atom. The smallest absolute Gasteiger partial charge is 0.165 e. The number of rotatable bonds is 2. The normalized spacial score (nSPS) is 10.0. The summed E-state index contributed by atoms with van der Waals surface area (Å²) < 4.78 is 0. The monoisotopic (exact) mass is 142 g/mol. The number of thioether (sulfide) groups is 1. The SMILES string of the molecule is CCc1c[nH]c(SC)n1. The fourth-order valence-electron chi connectivity index (χ4n) is 0.626. The van der Waals surface area contributed by atoms with E-state index in [9.17, 15) is 0 Å². The van der Waals surface area contributed by atoms with Crippen molar-refractivity contribution in [2.24, 2.45) is 0 Å². The van der Waals surface area contributed by atoms with Gasteiger partial charge in [-0.2, -0.15) is 0 Å². The van der Waals surface area contributed by atoms with Gasteiger partial charge < -0.3 is 4.98 Å². The Labute approximate surface area is 59.1 Å². The second-order valence-corrected chi connectivity index (χ2v) is 2.55. The van der Waals surface area contributed by atoms with Gasteiger partial charge in [0.25, 0.3) is 0 Å². The number of hydrogen-bond acceptors (Lipinski definition) is 2. The predicted octanol–water partition coefficient (Wildman–Crippen LogP) is 1.69.